The monoisotopic (exact) mass is 279 g/mol. The largest absolute Gasteiger partial charge is 0.350 e. The number of nitrogens with one attached hydrogen (secondary N) is 1. The lowest BCUT2D eigenvalue weighted by Gasteiger charge is -2.03. The van der Waals surface area contributed by atoms with Crippen LogP contribution in [0.5, 0.6) is 0 Å². The molecular weight excluding hydrogens is 262 g/mol. The number of nitrogens with zero attached hydrogens (tertiary/aromatic N) is 2. The molecule has 0 unspecified atom stereocenters. The average molecular weight is 279 g/mol. The van der Waals surface area contributed by atoms with Crippen molar-refractivity contribution in [1.82, 2.24) is 14.7 Å². The van der Waals surface area contributed by atoms with Crippen LogP contribution >= 0.6 is 0 Å². The second kappa shape index (κ2) is 5.79. The highest BCUT2D eigenvalue weighted by atomic mass is 16.1. The summed E-state index contributed by atoms with van der Waals surface area (Å²) in [6.07, 6.45) is 4.32. The zero-order valence-electron chi connectivity index (χ0n) is 11.9. The number of imidazole rings is 1. The molecule has 1 aromatic carbocycles. The van der Waals surface area contributed by atoms with Gasteiger partial charge in [-0.2, -0.15) is 0 Å². The van der Waals surface area contributed by atoms with Crippen LogP contribution in [0.4, 0.5) is 0 Å². The van der Waals surface area contributed by atoms with E-state index < -0.39 is 0 Å². The van der Waals surface area contributed by atoms with Crippen LogP contribution in [0.2, 0.25) is 0 Å². The van der Waals surface area contributed by atoms with E-state index in [-0.39, 0.29) is 5.91 Å². The Balaban J connectivity index is 1.62. The van der Waals surface area contributed by atoms with Crippen LogP contribution in [-0.2, 0) is 17.8 Å². The van der Waals surface area contributed by atoms with E-state index in [4.69, 9.17) is 0 Å². The summed E-state index contributed by atoms with van der Waals surface area (Å²) < 4.78 is 1.96. The van der Waals surface area contributed by atoms with Gasteiger partial charge in [-0.25, -0.2) is 4.98 Å². The lowest BCUT2D eigenvalue weighted by molar-refractivity contribution is -0.120. The van der Waals surface area contributed by atoms with Crippen molar-refractivity contribution in [2.75, 3.05) is 0 Å². The number of carbonyl (C=O) groups is 1. The Morgan fingerprint density at radius 2 is 2.05 bits per heavy atom. The maximum atomic E-state index is 11.9. The molecule has 1 N–H and O–H groups in total. The van der Waals surface area contributed by atoms with E-state index in [1.54, 1.807) is 0 Å². The normalized spacial score (nSPS) is 10.7. The molecular formula is C17H17N3O. The summed E-state index contributed by atoms with van der Waals surface area (Å²) in [5, 5.41) is 2.91. The number of aryl methyl sites for hydroxylation is 1. The second-order valence-corrected chi connectivity index (χ2v) is 5.14. The van der Waals surface area contributed by atoms with Crippen LogP contribution in [0.15, 0.2) is 54.9 Å². The molecule has 0 radical (unpaired) electrons. The Kier molecular flexibility index (Phi) is 3.69. The molecule has 0 spiro atoms. The molecule has 0 bridgehead atoms. The molecule has 0 aliphatic heterocycles. The van der Waals surface area contributed by atoms with Gasteiger partial charge in [0.15, 0.2) is 0 Å². The minimum atomic E-state index is 0.00874. The lowest BCUT2D eigenvalue weighted by atomic mass is 10.1. The van der Waals surface area contributed by atoms with E-state index in [9.17, 15) is 4.79 Å². The number of rotatable bonds is 4. The first-order valence-electron chi connectivity index (χ1n) is 6.95. The molecule has 2 heterocycles. The summed E-state index contributed by atoms with van der Waals surface area (Å²) in [7, 11) is 0. The summed E-state index contributed by atoms with van der Waals surface area (Å²) in [5.74, 6) is 0.00874. The Morgan fingerprint density at radius 1 is 1.24 bits per heavy atom. The first kappa shape index (κ1) is 13.4. The van der Waals surface area contributed by atoms with Crippen LogP contribution in [0, 0.1) is 6.92 Å². The minimum Gasteiger partial charge on any atom is -0.350 e. The Bertz CT molecular complexity index is 762. The average Bonchev–Trinajstić information content (AvgIpc) is 2.88. The van der Waals surface area contributed by atoms with Gasteiger partial charge in [0.1, 0.15) is 5.65 Å². The quantitative estimate of drug-likeness (QED) is 0.797. The number of aromatic nitrogens is 2. The number of carbonyl (C=O) groups excluding carboxylic acids is 1. The third-order valence-corrected chi connectivity index (χ3v) is 3.34. The van der Waals surface area contributed by atoms with Gasteiger partial charge >= 0.3 is 0 Å². The molecule has 0 aliphatic carbocycles. The van der Waals surface area contributed by atoms with Crippen molar-refractivity contribution in [2.45, 2.75) is 19.9 Å². The van der Waals surface area contributed by atoms with E-state index in [0.29, 0.717) is 13.0 Å². The van der Waals surface area contributed by atoms with Gasteiger partial charge in [-0.3, -0.25) is 4.79 Å². The van der Waals surface area contributed by atoms with Gasteiger partial charge in [-0.1, -0.05) is 30.3 Å². The number of hydrogen-bond donors (Lipinski definition) is 1. The topological polar surface area (TPSA) is 46.4 Å². The first-order chi connectivity index (χ1) is 10.2. The fourth-order valence-electron chi connectivity index (χ4n) is 2.25. The Hall–Kier alpha value is -2.62. The zero-order chi connectivity index (χ0) is 14.7. The molecule has 0 aliphatic rings. The van der Waals surface area contributed by atoms with Crippen LogP contribution < -0.4 is 5.32 Å². The minimum absolute atomic E-state index is 0.00874. The SMILES string of the molecule is Cc1ccn2cc(CNC(=O)Cc3ccccc3)nc2c1. The van der Waals surface area contributed by atoms with E-state index in [1.807, 2.05) is 66.2 Å². The van der Waals surface area contributed by atoms with Crippen molar-refractivity contribution in [1.29, 1.82) is 0 Å². The smallest absolute Gasteiger partial charge is 0.224 e. The third kappa shape index (κ3) is 3.28. The highest BCUT2D eigenvalue weighted by molar-refractivity contribution is 5.78. The van der Waals surface area contributed by atoms with E-state index in [0.717, 1.165) is 16.9 Å². The predicted octanol–water partition coefficient (Wildman–Crippen LogP) is 2.50. The molecule has 2 aromatic heterocycles. The zero-order valence-corrected chi connectivity index (χ0v) is 11.9. The Morgan fingerprint density at radius 3 is 2.86 bits per heavy atom. The standard InChI is InChI=1S/C17H17N3O/c1-13-7-8-20-12-15(19-16(20)9-13)11-18-17(21)10-14-5-3-2-4-6-14/h2-9,12H,10-11H2,1H3,(H,18,21). The summed E-state index contributed by atoms with van der Waals surface area (Å²) >= 11 is 0. The number of hydrogen-bond acceptors (Lipinski definition) is 2. The molecule has 4 heteroatoms. The molecule has 0 fully saturated rings. The van der Waals surface area contributed by atoms with Crippen LogP contribution in [0.1, 0.15) is 16.8 Å². The summed E-state index contributed by atoms with van der Waals surface area (Å²) in [6.45, 7) is 2.49. The number of benzene rings is 1. The highest BCUT2D eigenvalue weighted by Gasteiger charge is 2.05. The molecule has 106 valence electrons. The van der Waals surface area contributed by atoms with Gasteiger partial charge in [0.25, 0.3) is 0 Å². The van der Waals surface area contributed by atoms with Gasteiger partial charge in [0, 0.05) is 12.4 Å². The van der Waals surface area contributed by atoms with E-state index in [1.165, 1.54) is 5.56 Å². The van der Waals surface area contributed by atoms with Crippen molar-refractivity contribution in [3.63, 3.8) is 0 Å². The fourth-order valence-corrected chi connectivity index (χ4v) is 2.25. The van der Waals surface area contributed by atoms with Gasteiger partial charge in [0.2, 0.25) is 5.91 Å². The molecule has 3 aromatic rings. The number of amides is 1. The number of pyridine rings is 1. The first-order valence-corrected chi connectivity index (χ1v) is 6.95. The number of fused-ring (bicyclic) bond motifs is 1. The molecule has 3 rings (SSSR count). The van der Waals surface area contributed by atoms with Crippen LogP contribution in [0.3, 0.4) is 0 Å². The maximum Gasteiger partial charge on any atom is 0.224 e. The summed E-state index contributed by atoms with van der Waals surface area (Å²) in [6, 6.07) is 13.8. The molecule has 0 saturated heterocycles. The van der Waals surface area contributed by atoms with E-state index >= 15 is 0 Å². The summed E-state index contributed by atoms with van der Waals surface area (Å²) in [5.41, 5.74) is 3.96. The van der Waals surface area contributed by atoms with Crippen molar-refractivity contribution in [2.24, 2.45) is 0 Å². The van der Waals surface area contributed by atoms with Crippen molar-refractivity contribution >= 4 is 11.6 Å². The lowest BCUT2D eigenvalue weighted by Crippen LogP contribution is -2.24. The van der Waals surface area contributed by atoms with Gasteiger partial charge < -0.3 is 9.72 Å². The van der Waals surface area contributed by atoms with Crippen molar-refractivity contribution < 1.29 is 4.79 Å². The van der Waals surface area contributed by atoms with Crippen LogP contribution in [0.25, 0.3) is 5.65 Å². The maximum absolute atomic E-state index is 11.9. The fraction of sp³-hybridized carbons (Fsp3) is 0.176. The summed E-state index contributed by atoms with van der Waals surface area (Å²) in [4.78, 5) is 16.4. The molecule has 0 saturated carbocycles. The molecule has 0 atom stereocenters. The molecule has 4 nitrogen and oxygen atoms in total. The second-order valence-electron chi connectivity index (χ2n) is 5.14. The molecule has 21 heavy (non-hydrogen) atoms. The van der Waals surface area contributed by atoms with Gasteiger partial charge in [-0.05, 0) is 30.2 Å². The predicted molar refractivity (Wildman–Crippen MR) is 81.9 cm³/mol. The third-order valence-electron chi connectivity index (χ3n) is 3.34. The highest BCUT2D eigenvalue weighted by Crippen LogP contribution is 2.07. The molecule has 1 amide bonds. The van der Waals surface area contributed by atoms with Crippen LogP contribution in [-0.4, -0.2) is 15.3 Å². The van der Waals surface area contributed by atoms with Crippen molar-refractivity contribution in [3.8, 4) is 0 Å². The van der Waals surface area contributed by atoms with Gasteiger partial charge in [0.05, 0.1) is 18.7 Å². The Labute approximate surface area is 123 Å². The van der Waals surface area contributed by atoms with E-state index in [2.05, 4.69) is 10.3 Å². The van der Waals surface area contributed by atoms with Crippen molar-refractivity contribution in [3.05, 3.63) is 71.7 Å². The van der Waals surface area contributed by atoms with Gasteiger partial charge in [-0.15, -0.1) is 0 Å².